The Labute approximate surface area is 158 Å². The van der Waals surface area contributed by atoms with E-state index in [2.05, 4.69) is 4.98 Å². The van der Waals surface area contributed by atoms with Gasteiger partial charge in [0.1, 0.15) is 12.3 Å². The molecule has 0 bridgehead atoms. The summed E-state index contributed by atoms with van der Waals surface area (Å²) in [6.45, 7) is 2.29. The van der Waals surface area contributed by atoms with E-state index in [9.17, 15) is 9.59 Å². The number of carbonyl (C=O) groups excluding carboxylic acids is 1. The minimum absolute atomic E-state index is 0.0574. The molecule has 0 aliphatic carbocycles. The van der Waals surface area contributed by atoms with Crippen molar-refractivity contribution in [3.8, 4) is 11.5 Å². The summed E-state index contributed by atoms with van der Waals surface area (Å²) in [5.41, 5.74) is 2.52. The fourth-order valence-electron chi connectivity index (χ4n) is 2.88. The molecule has 3 heterocycles. The van der Waals surface area contributed by atoms with E-state index in [1.54, 1.807) is 34.4 Å². The molecule has 7 heteroatoms. The molecule has 3 aromatic heterocycles. The van der Waals surface area contributed by atoms with Gasteiger partial charge in [0.25, 0.3) is 0 Å². The molecule has 0 N–H and O–H groups in total. The Morgan fingerprint density at radius 1 is 1.26 bits per heavy atom. The number of hydrogen-bond acceptors (Lipinski definition) is 6. The topological polar surface area (TPSA) is 74.3 Å². The van der Waals surface area contributed by atoms with Crippen LogP contribution in [0.25, 0.3) is 22.4 Å². The third-order valence-electron chi connectivity index (χ3n) is 4.23. The zero-order valence-electron chi connectivity index (χ0n) is 14.5. The van der Waals surface area contributed by atoms with Gasteiger partial charge in [-0.25, -0.2) is 9.78 Å². The number of carbonyl (C=O) groups is 1. The fourth-order valence-corrected chi connectivity index (χ4v) is 3.64. The Morgan fingerprint density at radius 2 is 2.11 bits per heavy atom. The molecule has 0 atom stereocenters. The number of hydrogen-bond donors (Lipinski definition) is 0. The van der Waals surface area contributed by atoms with Crippen molar-refractivity contribution >= 4 is 28.2 Å². The van der Waals surface area contributed by atoms with E-state index in [0.717, 1.165) is 17.0 Å². The van der Waals surface area contributed by atoms with Crippen LogP contribution in [0.5, 0.6) is 0 Å². The largest absolute Gasteiger partial charge is 0.463 e. The van der Waals surface area contributed by atoms with Gasteiger partial charge in [-0.15, -0.1) is 0 Å². The molecule has 0 spiro atoms. The molecule has 0 saturated heterocycles. The van der Waals surface area contributed by atoms with Crippen LogP contribution in [0.3, 0.4) is 0 Å². The second-order valence-electron chi connectivity index (χ2n) is 5.98. The van der Waals surface area contributed by atoms with Crippen molar-refractivity contribution in [1.29, 1.82) is 0 Å². The zero-order valence-corrected chi connectivity index (χ0v) is 15.4. The number of thiazole rings is 1. The Morgan fingerprint density at radius 3 is 2.85 bits per heavy atom. The third-order valence-corrected chi connectivity index (χ3v) is 5.12. The van der Waals surface area contributed by atoms with Gasteiger partial charge in [-0.2, -0.15) is 0 Å². The first-order valence-corrected chi connectivity index (χ1v) is 9.27. The third kappa shape index (κ3) is 3.41. The smallest absolute Gasteiger partial charge is 0.338 e. The molecule has 27 heavy (non-hydrogen) atoms. The highest BCUT2D eigenvalue weighted by molar-refractivity contribution is 7.07. The van der Waals surface area contributed by atoms with E-state index in [0.29, 0.717) is 34.5 Å². The summed E-state index contributed by atoms with van der Waals surface area (Å²) in [5.74, 6) is 0.123. The fraction of sp³-hybridized carbons (Fsp3) is 0.150. The zero-order chi connectivity index (χ0) is 18.8. The predicted octanol–water partition coefficient (Wildman–Crippen LogP) is 3.88. The van der Waals surface area contributed by atoms with Crippen LogP contribution in [0.2, 0.25) is 0 Å². The van der Waals surface area contributed by atoms with E-state index in [-0.39, 0.29) is 11.5 Å². The van der Waals surface area contributed by atoms with E-state index >= 15 is 0 Å². The molecule has 0 unspecified atom stereocenters. The second kappa shape index (κ2) is 7.20. The van der Waals surface area contributed by atoms with Crippen molar-refractivity contribution in [3.63, 3.8) is 0 Å². The maximum atomic E-state index is 12.7. The highest BCUT2D eigenvalue weighted by atomic mass is 32.1. The number of para-hydroxylation sites is 1. The minimum Gasteiger partial charge on any atom is -0.463 e. The Hall–Kier alpha value is -3.19. The van der Waals surface area contributed by atoms with E-state index in [1.165, 1.54) is 0 Å². The van der Waals surface area contributed by atoms with Crippen molar-refractivity contribution < 1.29 is 13.9 Å². The van der Waals surface area contributed by atoms with Crippen LogP contribution >= 0.6 is 11.3 Å². The van der Waals surface area contributed by atoms with Crippen molar-refractivity contribution in [1.82, 2.24) is 9.55 Å². The first-order valence-electron chi connectivity index (χ1n) is 8.39. The molecule has 0 fully saturated rings. The Balaban J connectivity index is 1.61. The summed E-state index contributed by atoms with van der Waals surface area (Å²) in [7, 11) is 0. The number of benzene rings is 1. The lowest BCUT2D eigenvalue weighted by Gasteiger charge is -2.10. The van der Waals surface area contributed by atoms with Crippen molar-refractivity contribution in [2.24, 2.45) is 0 Å². The van der Waals surface area contributed by atoms with Gasteiger partial charge in [0, 0.05) is 16.5 Å². The maximum absolute atomic E-state index is 12.7. The van der Waals surface area contributed by atoms with Crippen LogP contribution in [0.15, 0.2) is 63.3 Å². The first-order chi connectivity index (χ1) is 13.1. The number of pyridine rings is 1. The average Bonchev–Trinajstić information content (AvgIpc) is 3.32. The molecular weight excluding hydrogens is 364 g/mol. The number of aryl methyl sites for hydroxylation is 1. The molecule has 4 aromatic rings. The standard InChI is InChI=1S/C20H16N2O4S/c1-13-12-27-20(24)22(13)8-10-26-19(23)15-11-17(18-7-4-9-25-18)21-16-6-3-2-5-14(15)16/h2-7,9,11-12H,8,10H2,1H3. The normalized spacial score (nSPS) is 11.0. The maximum Gasteiger partial charge on any atom is 0.338 e. The monoisotopic (exact) mass is 380 g/mol. The number of ether oxygens (including phenoxy) is 1. The molecule has 0 saturated carbocycles. The van der Waals surface area contributed by atoms with Crippen LogP contribution in [0.4, 0.5) is 0 Å². The van der Waals surface area contributed by atoms with Crippen LogP contribution in [0.1, 0.15) is 16.1 Å². The van der Waals surface area contributed by atoms with Gasteiger partial charge in [0.05, 0.1) is 23.9 Å². The summed E-state index contributed by atoms with van der Waals surface area (Å²) in [4.78, 5) is 29.0. The van der Waals surface area contributed by atoms with Gasteiger partial charge in [-0.1, -0.05) is 29.5 Å². The lowest BCUT2D eigenvalue weighted by atomic mass is 10.1. The summed E-state index contributed by atoms with van der Waals surface area (Å²) < 4.78 is 12.4. The molecule has 1 aromatic carbocycles. The van der Waals surface area contributed by atoms with Crippen LogP contribution in [-0.2, 0) is 11.3 Å². The van der Waals surface area contributed by atoms with Crippen LogP contribution in [-0.4, -0.2) is 22.1 Å². The number of rotatable bonds is 5. The quantitative estimate of drug-likeness (QED) is 0.491. The number of fused-ring (bicyclic) bond motifs is 1. The predicted molar refractivity (Wildman–Crippen MR) is 103 cm³/mol. The Kier molecular flexibility index (Phi) is 4.60. The number of nitrogens with zero attached hydrogens (tertiary/aromatic N) is 2. The molecule has 0 radical (unpaired) electrons. The SMILES string of the molecule is Cc1csc(=O)n1CCOC(=O)c1cc(-c2ccco2)nc2ccccc12. The molecule has 4 rings (SSSR count). The lowest BCUT2D eigenvalue weighted by Crippen LogP contribution is -2.19. The minimum atomic E-state index is -0.456. The summed E-state index contributed by atoms with van der Waals surface area (Å²) in [6.07, 6.45) is 1.56. The van der Waals surface area contributed by atoms with Gasteiger partial charge >= 0.3 is 10.8 Å². The number of esters is 1. The highest BCUT2D eigenvalue weighted by Gasteiger charge is 2.16. The van der Waals surface area contributed by atoms with Crippen LogP contribution < -0.4 is 4.87 Å². The van der Waals surface area contributed by atoms with Gasteiger partial charge in [-0.05, 0) is 31.2 Å². The summed E-state index contributed by atoms with van der Waals surface area (Å²) in [6, 6.07) is 12.6. The summed E-state index contributed by atoms with van der Waals surface area (Å²) in [5, 5.41) is 2.50. The van der Waals surface area contributed by atoms with Gasteiger partial charge in [0.15, 0.2) is 5.76 Å². The van der Waals surface area contributed by atoms with Crippen molar-refractivity contribution in [2.45, 2.75) is 13.5 Å². The lowest BCUT2D eigenvalue weighted by molar-refractivity contribution is 0.0492. The van der Waals surface area contributed by atoms with E-state index in [1.807, 2.05) is 31.2 Å². The molecular formula is C20H16N2O4S. The average molecular weight is 380 g/mol. The molecule has 136 valence electrons. The van der Waals surface area contributed by atoms with Crippen LogP contribution in [0, 0.1) is 6.92 Å². The highest BCUT2D eigenvalue weighted by Crippen LogP contribution is 2.25. The van der Waals surface area contributed by atoms with Crippen molar-refractivity contribution in [3.05, 3.63) is 75.0 Å². The molecule has 0 aliphatic heterocycles. The molecule has 6 nitrogen and oxygen atoms in total. The van der Waals surface area contributed by atoms with Gasteiger partial charge < -0.3 is 9.15 Å². The summed E-state index contributed by atoms with van der Waals surface area (Å²) >= 11 is 1.14. The molecule has 0 aliphatic rings. The Bertz CT molecular complexity index is 1160. The van der Waals surface area contributed by atoms with Gasteiger partial charge in [-0.3, -0.25) is 9.36 Å². The van der Waals surface area contributed by atoms with Gasteiger partial charge in [0.2, 0.25) is 0 Å². The first kappa shape index (κ1) is 17.2. The van der Waals surface area contributed by atoms with E-state index in [4.69, 9.17) is 9.15 Å². The number of aromatic nitrogens is 2. The number of furan rings is 1. The van der Waals surface area contributed by atoms with Crippen molar-refractivity contribution in [2.75, 3.05) is 6.61 Å². The molecule has 0 amide bonds. The van der Waals surface area contributed by atoms with E-state index < -0.39 is 5.97 Å². The second-order valence-corrected chi connectivity index (χ2v) is 6.80.